The summed E-state index contributed by atoms with van der Waals surface area (Å²) in [4.78, 5) is 10.5. The maximum absolute atomic E-state index is 10.9. The van der Waals surface area contributed by atoms with Crippen LogP contribution in [0.3, 0.4) is 0 Å². The summed E-state index contributed by atoms with van der Waals surface area (Å²) >= 11 is 5.88. The van der Waals surface area contributed by atoms with Crippen molar-refractivity contribution in [3.63, 3.8) is 0 Å². The molecular formula is C12H15ClN2O3. The number of halogens is 1. The number of hydrogen-bond donors (Lipinski definition) is 1. The maximum Gasteiger partial charge on any atom is 0.292 e. The smallest absolute Gasteiger partial charge is 0.292 e. The zero-order valence-corrected chi connectivity index (χ0v) is 10.8. The topological polar surface area (TPSA) is 64.4 Å². The van der Waals surface area contributed by atoms with E-state index in [2.05, 4.69) is 5.32 Å². The first-order chi connectivity index (χ1) is 8.60. The van der Waals surface area contributed by atoms with Crippen LogP contribution in [0.25, 0.3) is 0 Å². The molecule has 18 heavy (non-hydrogen) atoms. The minimum Gasteiger partial charge on any atom is -0.381 e. The van der Waals surface area contributed by atoms with Gasteiger partial charge in [0.15, 0.2) is 0 Å². The minimum absolute atomic E-state index is 0.0558. The molecule has 0 heterocycles. The molecule has 1 aromatic carbocycles. The second-order valence-corrected chi connectivity index (χ2v) is 4.87. The van der Waals surface area contributed by atoms with Crippen molar-refractivity contribution < 1.29 is 9.66 Å². The first-order valence-electron chi connectivity index (χ1n) is 5.83. The fourth-order valence-corrected chi connectivity index (χ4v) is 2.46. The van der Waals surface area contributed by atoms with Crippen LogP contribution in [-0.2, 0) is 4.74 Å². The molecule has 1 aliphatic rings. The molecule has 0 bridgehead atoms. The molecule has 0 radical (unpaired) electrons. The molecule has 0 aromatic heterocycles. The van der Waals surface area contributed by atoms with Crippen molar-refractivity contribution in [1.82, 2.24) is 0 Å². The van der Waals surface area contributed by atoms with E-state index in [4.69, 9.17) is 16.3 Å². The molecule has 1 aromatic rings. The van der Waals surface area contributed by atoms with Gasteiger partial charge in [-0.25, -0.2) is 0 Å². The lowest BCUT2D eigenvalue weighted by atomic mass is 10.2. The number of nitro benzene ring substituents is 1. The van der Waals surface area contributed by atoms with Gasteiger partial charge in [0, 0.05) is 24.2 Å². The molecule has 2 atom stereocenters. The van der Waals surface area contributed by atoms with Crippen LogP contribution in [0.15, 0.2) is 18.2 Å². The van der Waals surface area contributed by atoms with E-state index in [-0.39, 0.29) is 17.8 Å². The lowest BCUT2D eigenvalue weighted by Gasteiger charge is -2.14. The normalized spacial score (nSPS) is 23.0. The number of rotatable bonds is 4. The number of nitro groups is 1. The molecule has 5 nitrogen and oxygen atoms in total. The Bertz CT molecular complexity index is 453. The Morgan fingerprint density at radius 3 is 2.89 bits per heavy atom. The van der Waals surface area contributed by atoms with Gasteiger partial charge in [0.05, 0.1) is 11.0 Å². The summed E-state index contributed by atoms with van der Waals surface area (Å²) in [7, 11) is 1.69. The predicted octanol–water partition coefficient (Wildman–Crippen LogP) is 3.23. The Labute approximate surface area is 110 Å². The molecule has 1 saturated carbocycles. The maximum atomic E-state index is 10.9. The number of hydrogen-bond acceptors (Lipinski definition) is 4. The first kappa shape index (κ1) is 13.1. The second kappa shape index (κ2) is 5.54. The summed E-state index contributed by atoms with van der Waals surface area (Å²) < 4.78 is 5.28. The molecule has 0 amide bonds. The Balaban J connectivity index is 2.13. The standard InChI is InChI=1S/C12H15ClN2O3/c1-18-10-4-3-9(7-10)14-11-6-8(13)2-5-12(11)15(16)17/h2,5-6,9-10,14H,3-4,7H2,1H3. The summed E-state index contributed by atoms with van der Waals surface area (Å²) in [5.74, 6) is 0. The van der Waals surface area contributed by atoms with Gasteiger partial charge >= 0.3 is 0 Å². The largest absolute Gasteiger partial charge is 0.381 e. The van der Waals surface area contributed by atoms with Gasteiger partial charge in [0.1, 0.15) is 5.69 Å². The van der Waals surface area contributed by atoms with Gasteiger partial charge in [0.25, 0.3) is 5.69 Å². The number of anilines is 1. The zero-order chi connectivity index (χ0) is 13.1. The number of methoxy groups -OCH3 is 1. The molecular weight excluding hydrogens is 256 g/mol. The molecule has 2 rings (SSSR count). The fraction of sp³-hybridized carbons (Fsp3) is 0.500. The average molecular weight is 271 g/mol. The molecule has 1 aliphatic carbocycles. The van der Waals surface area contributed by atoms with Crippen molar-refractivity contribution in [2.24, 2.45) is 0 Å². The third-order valence-corrected chi connectivity index (χ3v) is 3.47. The van der Waals surface area contributed by atoms with Gasteiger partial charge < -0.3 is 10.1 Å². The van der Waals surface area contributed by atoms with Gasteiger partial charge in [-0.1, -0.05) is 11.6 Å². The average Bonchev–Trinajstić information content (AvgIpc) is 2.76. The summed E-state index contributed by atoms with van der Waals surface area (Å²) in [6.45, 7) is 0. The van der Waals surface area contributed by atoms with Crippen LogP contribution in [0.4, 0.5) is 11.4 Å². The van der Waals surface area contributed by atoms with Crippen molar-refractivity contribution in [3.8, 4) is 0 Å². The first-order valence-corrected chi connectivity index (χ1v) is 6.21. The molecule has 0 spiro atoms. The van der Waals surface area contributed by atoms with Crippen LogP contribution in [0, 0.1) is 10.1 Å². The number of ether oxygens (including phenoxy) is 1. The fourth-order valence-electron chi connectivity index (χ4n) is 2.29. The Morgan fingerprint density at radius 1 is 1.50 bits per heavy atom. The van der Waals surface area contributed by atoms with Crippen molar-refractivity contribution >= 4 is 23.0 Å². The summed E-state index contributed by atoms with van der Waals surface area (Å²) in [6, 6.07) is 4.75. The van der Waals surface area contributed by atoms with E-state index >= 15 is 0 Å². The van der Waals surface area contributed by atoms with E-state index < -0.39 is 4.92 Å². The molecule has 0 saturated heterocycles. The predicted molar refractivity (Wildman–Crippen MR) is 70.2 cm³/mol. The third-order valence-electron chi connectivity index (χ3n) is 3.23. The highest BCUT2D eigenvalue weighted by Crippen LogP contribution is 2.31. The van der Waals surface area contributed by atoms with E-state index in [0.29, 0.717) is 10.7 Å². The van der Waals surface area contributed by atoms with Crippen LogP contribution < -0.4 is 5.32 Å². The number of benzene rings is 1. The van der Waals surface area contributed by atoms with Crippen LogP contribution in [0.2, 0.25) is 5.02 Å². The van der Waals surface area contributed by atoms with E-state index in [9.17, 15) is 10.1 Å². The number of nitrogens with zero attached hydrogens (tertiary/aromatic N) is 1. The van der Waals surface area contributed by atoms with Crippen LogP contribution in [-0.4, -0.2) is 24.2 Å². The zero-order valence-electron chi connectivity index (χ0n) is 10.1. The van der Waals surface area contributed by atoms with Crippen molar-refractivity contribution in [3.05, 3.63) is 33.3 Å². The van der Waals surface area contributed by atoms with Crippen LogP contribution >= 0.6 is 11.6 Å². The van der Waals surface area contributed by atoms with E-state index in [1.807, 2.05) is 0 Å². The van der Waals surface area contributed by atoms with Crippen molar-refractivity contribution in [2.45, 2.75) is 31.4 Å². The lowest BCUT2D eigenvalue weighted by molar-refractivity contribution is -0.384. The molecule has 2 unspecified atom stereocenters. The highest BCUT2D eigenvalue weighted by Gasteiger charge is 2.26. The number of nitrogens with one attached hydrogen (secondary N) is 1. The lowest BCUT2D eigenvalue weighted by Crippen LogP contribution is -2.18. The van der Waals surface area contributed by atoms with E-state index in [1.54, 1.807) is 13.2 Å². The van der Waals surface area contributed by atoms with Gasteiger partial charge in [0.2, 0.25) is 0 Å². The third kappa shape index (κ3) is 2.91. The molecule has 6 heteroatoms. The summed E-state index contributed by atoms with van der Waals surface area (Å²) in [6.07, 6.45) is 3.02. The van der Waals surface area contributed by atoms with Crippen LogP contribution in [0.5, 0.6) is 0 Å². The Morgan fingerprint density at radius 2 is 2.28 bits per heavy atom. The molecule has 0 aliphatic heterocycles. The van der Waals surface area contributed by atoms with Gasteiger partial charge in [-0.2, -0.15) is 0 Å². The monoisotopic (exact) mass is 270 g/mol. The molecule has 1 N–H and O–H groups in total. The summed E-state index contributed by atoms with van der Waals surface area (Å²) in [5.41, 5.74) is 0.537. The summed E-state index contributed by atoms with van der Waals surface area (Å²) in [5, 5.41) is 14.6. The van der Waals surface area contributed by atoms with Gasteiger partial charge in [-0.15, -0.1) is 0 Å². The van der Waals surface area contributed by atoms with Gasteiger partial charge in [-0.3, -0.25) is 10.1 Å². The quantitative estimate of drug-likeness (QED) is 0.674. The molecule has 1 fully saturated rings. The van der Waals surface area contributed by atoms with Crippen molar-refractivity contribution in [1.29, 1.82) is 0 Å². The Hall–Kier alpha value is -1.33. The molecule has 98 valence electrons. The van der Waals surface area contributed by atoms with E-state index in [0.717, 1.165) is 19.3 Å². The Kier molecular flexibility index (Phi) is 4.04. The highest BCUT2D eigenvalue weighted by atomic mass is 35.5. The van der Waals surface area contributed by atoms with Crippen LogP contribution in [0.1, 0.15) is 19.3 Å². The minimum atomic E-state index is -0.401. The van der Waals surface area contributed by atoms with Gasteiger partial charge in [-0.05, 0) is 31.4 Å². The van der Waals surface area contributed by atoms with E-state index in [1.165, 1.54) is 12.1 Å². The highest BCUT2D eigenvalue weighted by molar-refractivity contribution is 6.31. The SMILES string of the molecule is COC1CCC(Nc2cc(Cl)ccc2[N+](=O)[O-])C1. The van der Waals surface area contributed by atoms with Crippen molar-refractivity contribution in [2.75, 3.05) is 12.4 Å². The second-order valence-electron chi connectivity index (χ2n) is 4.43.